The summed E-state index contributed by atoms with van der Waals surface area (Å²) in [6, 6.07) is 113. The number of para-hydroxylation sites is 4. The third-order valence-electron chi connectivity index (χ3n) is 16.5. The quantitative estimate of drug-likeness (QED) is 0.103. The molecule has 0 saturated heterocycles. The van der Waals surface area contributed by atoms with Crippen molar-refractivity contribution in [2.75, 3.05) is 4.90 Å². The highest BCUT2D eigenvalue weighted by atomic mass is 28.3. The van der Waals surface area contributed by atoms with Crippen LogP contribution in [0.25, 0.3) is 60.9 Å². The maximum atomic E-state index is 2.52. The SMILES string of the molecule is c1ccc(N(c2cccc(-c3ccc([Si](c4ccccc4)(c4ccccc4)c4ccccc4)cc3)c2)c2cccc(-c3ccc4c(c3)-c3ccccc3C43c4ccccc4-n4c5ccccc5c5cccc3c54)c2)cc1. The third kappa shape index (κ3) is 6.46. The lowest BCUT2D eigenvalue weighted by molar-refractivity contribution is 0.748. The highest BCUT2D eigenvalue weighted by molar-refractivity contribution is 7.19. The lowest BCUT2D eigenvalue weighted by Crippen LogP contribution is -2.74. The van der Waals surface area contributed by atoms with Crippen molar-refractivity contribution < 1.29 is 0 Å². The Hall–Kier alpha value is -9.54. The summed E-state index contributed by atoms with van der Waals surface area (Å²) >= 11 is 0. The van der Waals surface area contributed by atoms with Crippen LogP contribution >= 0.6 is 0 Å². The van der Waals surface area contributed by atoms with Gasteiger partial charge >= 0.3 is 0 Å². The molecule has 1 aromatic heterocycles. The van der Waals surface area contributed by atoms with E-state index in [2.05, 4.69) is 313 Å². The van der Waals surface area contributed by atoms with E-state index in [0.717, 1.165) is 17.1 Å². The standard InChI is InChI=1S/C73H50N2Si/c1-5-24-55(25-6-1)74(56-26-19-22-52(48-56)51-42-45-61(46-43-51)76(58-28-7-2-8-29-58,59-30-9-3-10-31-59)60-32-11-4-12-33-60)57-27-20-23-53(49-57)54-44-47-67-65(50-54)62-34-13-15-37-66(62)73(67)68-38-16-18-41-71(68)75-70-40-17-14-35-63(70)64-36-21-39-69(73)72(64)75/h1-50H. The van der Waals surface area contributed by atoms with Gasteiger partial charge in [0, 0.05) is 27.8 Å². The summed E-state index contributed by atoms with van der Waals surface area (Å²) in [6.45, 7) is 0. The predicted octanol–water partition coefficient (Wildman–Crippen LogP) is 15.6. The Morgan fingerprint density at radius 2 is 0.750 bits per heavy atom. The number of anilines is 3. The van der Waals surface area contributed by atoms with Crippen LogP contribution in [-0.4, -0.2) is 12.6 Å². The van der Waals surface area contributed by atoms with Crippen LogP contribution < -0.4 is 25.6 Å². The summed E-state index contributed by atoms with van der Waals surface area (Å²) in [5.74, 6) is 0. The molecule has 0 fully saturated rings. The van der Waals surface area contributed by atoms with E-state index in [1.165, 1.54) is 104 Å². The minimum absolute atomic E-state index is 0.487. The summed E-state index contributed by atoms with van der Waals surface area (Å²) < 4.78 is 2.52. The normalized spacial score (nSPS) is 14.1. The molecular formula is C73H50N2Si. The van der Waals surface area contributed by atoms with E-state index in [1.54, 1.807) is 0 Å². The molecule has 2 heterocycles. The second-order valence-corrected chi connectivity index (χ2v) is 24.1. The fourth-order valence-electron chi connectivity index (χ4n) is 13.4. The Morgan fingerprint density at radius 1 is 0.289 bits per heavy atom. The van der Waals surface area contributed by atoms with Crippen molar-refractivity contribution in [3.05, 3.63) is 326 Å². The average molecular weight is 983 g/mol. The van der Waals surface area contributed by atoms with Crippen molar-refractivity contribution in [3.63, 3.8) is 0 Å². The highest BCUT2D eigenvalue weighted by Crippen LogP contribution is 2.61. The van der Waals surface area contributed by atoms with Crippen LogP contribution in [0.1, 0.15) is 22.3 Å². The van der Waals surface area contributed by atoms with Crippen LogP contribution in [0.15, 0.2) is 303 Å². The second-order valence-electron chi connectivity index (χ2n) is 20.3. The van der Waals surface area contributed by atoms with Crippen LogP contribution in [0.4, 0.5) is 17.1 Å². The number of rotatable bonds is 9. The lowest BCUT2D eigenvalue weighted by Gasteiger charge is -2.39. The van der Waals surface area contributed by atoms with Crippen LogP contribution in [0.5, 0.6) is 0 Å². The van der Waals surface area contributed by atoms with Gasteiger partial charge in [0.2, 0.25) is 0 Å². The van der Waals surface area contributed by atoms with Gasteiger partial charge in [-0.15, -0.1) is 0 Å². The zero-order valence-corrected chi connectivity index (χ0v) is 42.8. The summed E-state index contributed by atoms with van der Waals surface area (Å²) in [5, 5.41) is 8.04. The van der Waals surface area contributed by atoms with Gasteiger partial charge in [-0.2, -0.15) is 0 Å². The van der Waals surface area contributed by atoms with E-state index in [4.69, 9.17) is 0 Å². The molecule has 13 aromatic rings. The first kappa shape index (κ1) is 44.0. The molecule has 1 spiro atoms. The first-order valence-corrected chi connectivity index (χ1v) is 28.4. The fourth-order valence-corrected chi connectivity index (χ4v) is 18.1. The zero-order valence-electron chi connectivity index (χ0n) is 41.8. The molecule has 0 N–H and O–H groups in total. The Bertz CT molecular complexity index is 4240. The van der Waals surface area contributed by atoms with Gasteiger partial charge in [0.1, 0.15) is 0 Å². The summed E-state index contributed by atoms with van der Waals surface area (Å²) in [5.41, 5.74) is 19.2. The van der Waals surface area contributed by atoms with Gasteiger partial charge in [0.15, 0.2) is 8.07 Å². The molecule has 356 valence electrons. The Kier molecular flexibility index (Phi) is 10.2. The molecule has 2 nitrogen and oxygen atoms in total. The van der Waals surface area contributed by atoms with Crippen molar-refractivity contribution in [2.45, 2.75) is 5.41 Å². The van der Waals surface area contributed by atoms with E-state index < -0.39 is 13.5 Å². The van der Waals surface area contributed by atoms with E-state index in [9.17, 15) is 0 Å². The monoisotopic (exact) mass is 982 g/mol. The molecule has 0 amide bonds. The van der Waals surface area contributed by atoms with Gasteiger partial charge in [-0.25, -0.2) is 0 Å². The topological polar surface area (TPSA) is 8.17 Å². The first-order chi connectivity index (χ1) is 37.7. The van der Waals surface area contributed by atoms with Crippen molar-refractivity contribution in [1.82, 2.24) is 4.57 Å². The first-order valence-electron chi connectivity index (χ1n) is 26.4. The predicted molar refractivity (Wildman–Crippen MR) is 321 cm³/mol. The second kappa shape index (κ2) is 17.6. The molecule has 2 aliphatic rings. The zero-order chi connectivity index (χ0) is 50.2. The number of hydrogen-bond acceptors (Lipinski definition) is 1. The van der Waals surface area contributed by atoms with E-state index in [1.807, 2.05) is 0 Å². The number of aromatic nitrogens is 1. The van der Waals surface area contributed by atoms with Crippen LogP contribution in [-0.2, 0) is 5.41 Å². The number of nitrogens with zero attached hydrogens (tertiary/aromatic N) is 2. The van der Waals surface area contributed by atoms with Crippen molar-refractivity contribution in [2.24, 2.45) is 0 Å². The van der Waals surface area contributed by atoms with Gasteiger partial charge in [-0.1, -0.05) is 249 Å². The molecule has 15 rings (SSSR count). The maximum absolute atomic E-state index is 2.66. The summed E-state index contributed by atoms with van der Waals surface area (Å²) in [4.78, 5) is 2.40. The van der Waals surface area contributed by atoms with Gasteiger partial charge < -0.3 is 9.47 Å². The Morgan fingerprint density at radius 3 is 1.42 bits per heavy atom. The van der Waals surface area contributed by atoms with Crippen molar-refractivity contribution in [3.8, 4) is 39.1 Å². The van der Waals surface area contributed by atoms with Crippen LogP contribution in [0, 0.1) is 0 Å². The average Bonchev–Trinajstić information content (AvgIpc) is 4.19. The smallest absolute Gasteiger partial charge is 0.179 e. The molecule has 12 aromatic carbocycles. The molecule has 1 aliphatic carbocycles. The highest BCUT2D eigenvalue weighted by Gasteiger charge is 2.51. The van der Waals surface area contributed by atoms with Gasteiger partial charge in [-0.05, 0) is 131 Å². The van der Waals surface area contributed by atoms with Gasteiger partial charge in [0.25, 0.3) is 0 Å². The van der Waals surface area contributed by atoms with E-state index in [-0.39, 0.29) is 0 Å². The fraction of sp³-hybridized carbons (Fsp3) is 0.0137. The number of hydrogen-bond donors (Lipinski definition) is 0. The van der Waals surface area contributed by atoms with Crippen molar-refractivity contribution >= 4 is 67.7 Å². The van der Waals surface area contributed by atoms with Crippen LogP contribution in [0.2, 0.25) is 0 Å². The summed E-state index contributed by atoms with van der Waals surface area (Å²) in [6.07, 6.45) is 0. The number of fused-ring (bicyclic) bond motifs is 12. The van der Waals surface area contributed by atoms with E-state index in [0.29, 0.717) is 0 Å². The molecule has 76 heavy (non-hydrogen) atoms. The lowest BCUT2D eigenvalue weighted by atomic mass is 9.65. The molecule has 0 radical (unpaired) electrons. The molecule has 1 unspecified atom stereocenters. The Balaban J connectivity index is 0.836. The molecule has 1 atom stereocenters. The van der Waals surface area contributed by atoms with Gasteiger partial charge in [0.05, 0.1) is 22.1 Å². The minimum atomic E-state index is -2.66. The maximum Gasteiger partial charge on any atom is 0.179 e. The molecule has 3 heteroatoms. The summed E-state index contributed by atoms with van der Waals surface area (Å²) in [7, 11) is -2.66. The largest absolute Gasteiger partial charge is 0.310 e. The Labute approximate surface area is 444 Å². The minimum Gasteiger partial charge on any atom is -0.310 e. The molecule has 1 aliphatic heterocycles. The van der Waals surface area contributed by atoms with Gasteiger partial charge in [-0.3, -0.25) is 0 Å². The molecule has 0 bridgehead atoms. The van der Waals surface area contributed by atoms with Crippen LogP contribution in [0.3, 0.4) is 0 Å². The van der Waals surface area contributed by atoms with E-state index >= 15 is 0 Å². The number of benzene rings is 12. The third-order valence-corrected chi connectivity index (χ3v) is 21.3. The van der Waals surface area contributed by atoms with Crippen molar-refractivity contribution in [1.29, 1.82) is 0 Å². The molecule has 0 saturated carbocycles. The molecular weight excluding hydrogens is 933 g/mol.